The first-order valence-electron chi connectivity index (χ1n) is 9.75. The zero-order valence-electron chi connectivity index (χ0n) is 16.9. The highest BCUT2D eigenvalue weighted by Crippen LogP contribution is 2.30. The van der Waals surface area contributed by atoms with Crippen LogP contribution >= 0.6 is 11.3 Å². The van der Waals surface area contributed by atoms with Crippen molar-refractivity contribution < 1.29 is 9.53 Å². The van der Waals surface area contributed by atoms with Crippen molar-refractivity contribution in [3.8, 4) is 11.4 Å². The van der Waals surface area contributed by atoms with Crippen LogP contribution in [0.1, 0.15) is 23.1 Å². The van der Waals surface area contributed by atoms with Gasteiger partial charge in [-0.1, -0.05) is 34.7 Å². The molecule has 0 bridgehead atoms. The highest BCUT2D eigenvalue weighted by atomic mass is 32.1. The van der Waals surface area contributed by atoms with Crippen molar-refractivity contribution in [3.63, 3.8) is 0 Å². The summed E-state index contributed by atoms with van der Waals surface area (Å²) >= 11 is 1.38. The second-order valence-electron chi connectivity index (χ2n) is 6.82. The molecule has 0 atom stereocenters. The SMILES string of the molecule is CCOc1ccc2nc(NC(=O)c3nnn(-c4cccc5cccnc45)c3C)sc2c1. The molecule has 0 fully saturated rings. The Morgan fingerprint density at radius 2 is 2.06 bits per heavy atom. The molecular formula is C22H18N6O2S. The van der Waals surface area contributed by atoms with E-state index >= 15 is 0 Å². The molecule has 3 aromatic heterocycles. The summed E-state index contributed by atoms with van der Waals surface area (Å²) in [6.07, 6.45) is 1.73. The third-order valence-corrected chi connectivity index (χ3v) is 5.77. The summed E-state index contributed by atoms with van der Waals surface area (Å²) in [6, 6.07) is 15.3. The summed E-state index contributed by atoms with van der Waals surface area (Å²) in [5.74, 6) is 0.417. The molecule has 3 heterocycles. The number of hydrogen-bond acceptors (Lipinski definition) is 7. The van der Waals surface area contributed by atoms with Gasteiger partial charge in [-0.15, -0.1) is 5.10 Å². The van der Waals surface area contributed by atoms with Crippen molar-refractivity contribution in [1.29, 1.82) is 0 Å². The molecule has 5 aromatic rings. The van der Waals surface area contributed by atoms with Crippen LogP contribution in [0.3, 0.4) is 0 Å². The third-order valence-electron chi connectivity index (χ3n) is 4.84. The van der Waals surface area contributed by atoms with Gasteiger partial charge < -0.3 is 4.74 Å². The van der Waals surface area contributed by atoms with Gasteiger partial charge in [0.2, 0.25) is 0 Å². The molecule has 31 heavy (non-hydrogen) atoms. The first kappa shape index (κ1) is 19.1. The van der Waals surface area contributed by atoms with Gasteiger partial charge in [0.1, 0.15) is 5.75 Å². The average molecular weight is 430 g/mol. The zero-order chi connectivity index (χ0) is 21.4. The Hall–Kier alpha value is -3.85. The van der Waals surface area contributed by atoms with Gasteiger partial charge in [0.05, 0.1) is 33.7 Å². The number of fused-ring (bicyclic) bond motifs is 2. The molecule has 1 amide bonds. The number of pyridine rings is 1. The Kier molecular flexibility index (Phi) is 4.79. The minimum Gasteiger partial charge on any atom is -0.494 e. The minimum absolute atomic E-state index is 0.238. The minimum atomic E-state index is -0.360. The summed E-state index contributed by atoms with van der Waals surface area (Å²) in [6.45, 7) is 4.34. The Morgan fingerprint density at radius 1 is 1.19 bits per heavy atom. The number of nitrogens with one attached hydrogen (secondary N) is 1. The number of carbonyl (C=O) groups excluding carboxylic acids is 1. The molecule has 154 valence electrons. The fourth-order valence-electron chi connectivity index (χ4n) is 3.40. The van der Waals surface area contributed by atoms with E-state index in [0.717, 1.165) is 32.6 Å². The number of anilines is 1. The first-order chi connectivity index (χ1) is 15.1. The molecule has 2 aromatic carbocycles. The van der Waals surface area contributed by atoms with Gasteiger partial charge >= 0.3 is 0 Å². The molecule has 8 nitrogen and oxygen atoms in total. The highest BCUT2D eigenvalue weighted by Gasteiger charge is 2.20. The molecule has 0 aliphatic carbocycles. The van der Waals surface area contributed by atoms with Crippen molar-refractivity contribution in [2.45, 2.75) is 13.8 Å². The highest BCUT2D eigenvalue weighted by molar-refractivity contribution is 7.22. The molecule has 0 aliphatic rings. The van der Waals surface area contributed by atoms with Gasteiger partial charge in [0.15, 0.2) is 10.8 Å². The van der Waals surface area contributed by atoms with Gasteiger partial charge in [-0.2, -0.15) is 0 Å². The maximum absolute atomic E-state index is 12.9. The van der Waals surface area contributed by atoms with E-state index in [-0.39, 0.29) is 11.6 Å². The number of thiazole rings is 1. The summed E-state index contributed by atoms with van der Waals surface area (Å²) in [5.41, 5.74) is 3.22. The molecule has 0 aliphatic heterocycles. The van der Waals surface area contributed by atoms with Crippen molar-refractivity contribution >= 4 is 43.5 Å². The van der Waals surface area contributed by atoms with Crippen LogP contribution in [-0.4, -0.2) is 37.5 Å². The number of aromatic nitrogens is 5. The molecule has 0 saturated carbocycles. The predicted molar refractivity (Wildman–Crippen MR) is 120 cm³/mol. The van der Waals surface area contributed by atoms with E-state index < -0.39 is 0 Å². The second kappa shape index (κ2) is 7.77. The van der Waals surface area contributed by atoms with Crippen molar-refractivity contribution in [2.75, 3.05) is 11.9 Å². The lowest BCUT2D eigenvalue weighted by molar-refractivity contribution is 0.102. The number of hydrogen-bond donors (Lipinski definition) is 1. The number of amides is 1. The molecule has 0 radical (unpaired) electrons. The number of carbonyl (C=O) groups is 1. The molecule has 0 saturated heterocycles. The number of para-hydroxylation sites is 1. The number of nitrogens with zero attached hydrogens (tertiary/aromatic N) is 5. The van der Waals surface area contributed by atoms with Crippen LogP contribution in [0, 0.1) is 6.92 Å². The van der Waals surface area contributed by atoms with Crippen LogP contribution in [0.25, 0.3) is 26.8 Å². The molecule has 1 N–H and O–H groups in total. The number of ether oxygens (including phenoxy) is 1. The largest absolute Gasteiger partial charge is 0.494 e. The Balaban J connectivity index is 1.44. The quantitative estimate of drug-likeness (QED) is 0.444. The summed E-state index contributed by atoms with van der Waals surface area (Å²) < 4.78 is 8.10. The van der Waals surface area contributed by atoms with Crippen LogP contribution in [0.2, 0.25) is 0 Å². The van der Waals surface area contributed by atoms with Gasteiger partial charge in [-0.05, 0) is 44.2 Å². The van der Waals surface area contributed by atoms with E-state index in [2.05, 4.69) is 25.6 Å². The maximum Gasteiger partial charge on any atom is 0.279 e. The van der Waals surface area contributed by atoms with Gasteiger partial charge in [0, 0.05) is 11.6 Å². The molecule has 0 unspecified atom stereocenters. The van der Waals surface area contributed by atoms with Crippen LogP contribution in [0.4, 0.5) is 5.13 Å². The van der Waals surface area contributed by atoms with Crippen LogP contribution in [0.15, 0.2) is 54.7 Å². The summed E-state index contributed by atoms with van der Waals surface area (Å²) in [5, 5.41) is 12.6. The zero-order valence-corrected chi connectivity index (χ0v) is 17.7. The van der Waals surface area contributed by atoms with E-state index in [1.54, 1.807) is 10.9 Å². The fraction of sp³-hybridized carbons (Fsp3) is 0.136. The van der Waals surface area contributed by atoms with E-state index in [9.17, 15) is 4.79 Å². The smallest absolute Gasteiger partial charge is 0.279 e. The molecule has 9 heteroatoms. The summed E-state index contributed by atoms with van der Waals surface area (Å²) in [4.78, 5) is 21.8. The van der Waals surface area contributed by atoms with E-state index in [4.69, 9.17) is 4.74 Å². The summed E-state index contributed by atoms with van der Waals surface area (Å²) in [7, 11) is 0. The normalized spacial score (nSPS) is 11.2. The first-order valence-corrected chi connectivity index (χ1v) is 10.6. The third kappa shape index (κ3) is 3.49. The Labute approximate surface area is 181 Å². The van der Waals surface area contributed by atoms with Gasteiger partial charge in [-0.3, -0.25) is 15.1 Å². The molecule has 5 rings (SSSR count). The number of benzene rings is 2. The van der Waals surface area contributed by atoms with Crippen molar-refractivity contribution in [3.05, 3.63) is 66.1 Å². The maximum atomic E-state index is 12.9. The van der Waals surface area contributed by atoms with Crippen molar-refractivity contribution in [1.82, 2.24) is 25.0 Å². The molecule has 0 spiro atoms. The van der Waals surface area contributed by atoms with Crippen LogP contribution < -0.4 is 10.1 Å². The topological polar surface area (TPSA) is 94.8 Å². The Bertz CT molecular complexity index is 1420. The lowest BCUT2D eigenvalue weighted by Crippen LogP contribution is -2.14. The van der Waals surface area contributed by atoms with E-state index in [0.29, 0.717) is 17.4 Å². The second-order valence-corrected chi connectivity index (χ2v) is 7.85. The average Bonchev–Trinajstić information content (AvgIpc) is 3.36. The fourth-order valence-corrected chi connectivity index (χ4v) is 4.29. The van der Waals surface area contributed by atoms with E-state index in [1.807, 2.05) is 62.4 Å². The van der Waals surface area contributed by atoms with E-state index in [1.165, 1.54) is 11.3 Å². The Morgan fingerprint density at radius 3 is 2.94 bits per heavy atom. The van der Waals surface area contributed by atoms with Gasteiger partial charge in [-0.25, -0.2) is 9.67 Å². The van der Waals surface area contributed by atoms with Crippen LogP contribution in [0.5, 0.6) is 5.75 Å². The molecular weight excluding hydrogens is 412 g/mol. The lowest BCUT2D eigenvalue weighted by Gasteiger charge is -2.07. The lowest BCUT2D eigenvalue weighted by atomic mass is 10.2. The van der Waals surface area contributed by atoms with Crippen LogP contribution in [-0.2, 0) is 0 Å². The predicted octanol–water partition coefficient (Wildman–Crippen LogP) is 4.38. The van der Waals surface area contributed by atoms with Gasteiger partial charge in [0.25, 0.3) is 5.91 Å². The standard InChI is InChI=1S/C22H18N6O2S/c1-3-30-15-9-10-16-18(12-15)31-22(24-16)25-21(29)19-13(2)28(27-26-19)17-8-4-6-14-7-5-11-23-20(14)17/h4-12H,3H2,1-2H3,(H,24,25,29). The number of rotatable bonds is 5. The van der Waals surface area contributed by atoms with Crippen molar-refractivity contribution in [2.24, 2.45) is 0 Å². The monoisotopic (exact) mass is 430 g/mol.